The predicted octanol–water partition coefficient (Wildman–Crippen LogP) is 8.64. The molecule has 0 aliphatic heterocycles. The predicted molar refractivity (Wildman–Crippen MR) is 186 cm³/mol. The van der Waals surface area contributed by atoms with E-state index in [1.807, 2.05) is 12.1 Å². The summed E-state index contributed by atoms with van der Waals surface area (Å²) in [5, 5.41) is 9.05. The first-order valence-corrected chi connectivity index (χ1v) is 19.7. The second kappa shape index (κ2) is 10.5. The van der Waals surface area contributed by atoms with Crippen LogP contribution in [-0.4, -0.2) is 30.7 Å². The number of amides is 1. The van der Waals surface area contributed by atoms with Crippen molar-refractivity contribution < 1.29 is 23.1 Å². The Bertz CT molecular complexity index is 1650. The molecule has 6 aliphatic rings. The van der Waals surface area contributed by atoms with E-state index in [0.717, 1.165) is 68.9 Å². The Morgan fingerprint density at radius 3 is 2.15 bits per heavy atom. The maximum atomic E-state index is 14.2. The van der Waals surface area contributed by atoms with Crippen LogP contribution in [0.3, 0.4) is 0 Å². The first-order chi connectivity index (χ1) is 21.9. The molecule has 5 fully saturated rings. The Kier molecular flexibility index (Phi) is 7.43. The molecule has 6 aliphatic carbocycles. The normalized spacial score (nSPS) is 42.2. The summed E-state index contributed by atoms with van der Waals surface area (Å²) in [5.74, 6) is 0.642. The zero-order chi connectivity index (χ0) is 33.9. The summed E-state index contributed by atoms with van der Waals surface area (Å²) in [5.41, 5.74) is 3.52. The van der Waals surface area contributed by atoms with Gasteiger partial charge in [-0.2, -0.15) is 0 Å². The Morgan fingerprint density at radius 2 is 1.53 bits per heavy atom. The quantitative estimate of drug-likeness (QED) is 0.297. The van der Waals surface area contributed by atoms with Crippen LogP contribution in [0.25, 0.3) is 5.57 Å². The van der Waals surface area contributed by atoms with Crippen molar-refractivity contribution in [3.63, 3.8) is 0 Å². The number of rotatable bonds is 6. The highest BCUT2D eigenvalue weighted by atomic mass is 32.2. The van der Waals surface area contributed by atoms with Crippen molar-refractivity contribution in [3.05, 3.63) is 53.6 Å². The van der Waals surface area contributed by atoms with Crippen LogP contribution in [0, 0.1) is 56.7 Å². The van der Waals surface area contributed by atoms with Crippen LogP contribution in [-0.2, 0) is 14.8 Å². The van der Waals surface area contributed by atoms with E-state index in [0.29, 0.717) is 36.2 Å². The van der Waals surface area contributed by atoms with Crippen LogP contribution in [0.2, 0.25) is 0 Å². The lowest BCUT2D eigenvalue weighted by atomic mass is 9.32. The highest BCUT2D eigenvalue weighted by Crippen LogP contribution is 2.77. The number of sulfonamides is 1. The average molecular weight is 662 g/mol. The molecule has 0 unspecified atom stereocenters. The summed E-state index contributed by atoms with van der Waals surface area (Å²) in [6.07, 6.45) is 12.7. The molecular weight excluding hydrogens is 607 g/mol. The van der Waals surface area contributed by atoms with E-state index in [4.69, 9.17) is 0 Å². The molecular formula is C40H55NO5S. The number of aromatic carboxylic acids is 1. The molecule has 256 valence electrons. The molecule has 0 radical (unpaired) electrons. The second-order valence-corrected chi connectivity index (χ2v) is 19.9. The van der Waals surface area contributed by atoms with Gasteiger partial charge in [-0.3, -0.25) is 9.52 Å². The number of carbonyl (C=O) groups is 2. The fourth-order valence-corrected chi connectivity index (χ4v) is 14.5. The molecule has 0 spiro atoms. The number of fused-ring (bicyclic) bond motifs is 7. The van der Waals surface area contributed by atoms with Crippen LogP contribution in [0.4, 0.5) is 0 Å². The van der Waals surface area contributed by atoms with E-state index >= 15 is 0 Å². The van der Waals surface area contributed by atoms with E-state index in [-0.39, 0.29) is 39.4 Å². The van der Waals surface area contributed by atoms with E-state index in [9.17, 15) is 23.1 Å². The highest BCUT2D eigenvalue weighted by molar-refractivity contribution is 7.90. The highest BCUT2D eigenvalue weighted by Gasteiger charge is 2.71. The molecule has 7 rings (SSSR count). The molecule has 0 aromatic heterocycles. The zero-order valence-corrected chi connectivity index (χ0v) is 30.1. The van der Waals surface area contributed by atoms with Crippen molar-refractivity contribution in [3.8, 4) is 0 Å². The third-order valence-corrected chi connectivity index (χ3v) is 17.6. The lowest BCUT2D eigenvalue weighted by molar-refractivity contribution is -0.224. The van der Waals surface area contributed by atoms with E-state index in [1.165, 1.54) is 5.57 Å². The van der Waals surface area contributed by atoms with Crippen molar-refractivity contribution in [2.75, 3.05) is 0 Å². The van der Waals surface area contributed by atoms with Gasteiger partial charge in [-0.15, -0.1) is 0 Å². The summed E-state index contributed by atoms with van der Waals surface area (Å²) in [6, 6.07) is 7.43. The lowest BCUT2D eigenvalue weighted by Crippen LogP contribution is -2.66. The third-order valence-electron chi connectivity index (χ3n) is 15.7. The molecule has 2 N–H and O–H groups in total. The number of nitrogens with one attached hydrogen (secondary N) is 1. The molecule has 5 saturated carbocycles. The summed E-state index contributed by atoms with van der Waals surface area (Å²) < 4.78 is 28.7. The number of carbonyl (C=O) groups excluding carboxylic acids is 1. The van der Waals surface area contributed by atoms with Gasteiger partial charge in [-0.05, 0) is 152 Å². The maximum absolute atomic E-state index is 14.2. The SMILES string of the molecule is C=C(C)[C@@H]1CC[C@]2(C(=O)NS(=O)(=O)C3CC3)CC[C@]3(C)[C@H](CC[C@@H]4[C@@]5(C)CC=C(c6ccc(C(=O)O)cc6)C(C)(C)[C@@H]5CC[C@]43C)[C@@H]12. The van der Waals surface area contributed by atoms with E-state index in [2.05, 4.69) is 58.9 Å². The number of carboxylic acids is 1. The van der Waals surface area contributed by atoms with E-state index in [1.54, 1.807) is 12.1 Å². The zero-order valence-electron chi connectivity index (χ0n) is 29.3. The maximum Gasteiger partial charge on any atom is 0.335 e. The van der Waals surface area contributed by atoms with Crippen molar-refractivity contribution in [2.24, 2.45) is 56.7 Å². The fourth-order valence-electron chi connectivity index (χ4n) is 13.1. The van der Waals surface area contributed by atoms with Crippen LogP contribution in [0.1, 0.15) is 128 Å². The minimum absolute atomic E-state index is 0.0482. The molecule has 1 aromatic rings. The summed E-state index contributed by atoms with van der Waals surface area (Å²) in [7, 11) is -3.61. The van der Waals surface area contributed by atoms with Crippen molar-refractivity contribution >= 4 is 27.5 Å². The van der Waals surface area contributed by atoms with Gasteiger partial charge in [0.15, 0.2) is 0 Å². The monoisotopic (exact) mass is 661 g/mol. The van der Waals surface area contributed by atoms with Gasteiger partial charge >= 0.3 is 5.97 Å². The van der Waals surface area contributed by atoms with Crippen molar-refractivity contribution in [1.82, 2.24) is 4.72 Å². The molecule has 0 saturated heterocycles. The molecule has 6 nitrogen and oxygen atoms in total. The van der Waals surface area contributed by atoms with Crippen LogP contribution >= 0.6 is 0 Å². The van der Waals surface area contributed by atoms with Crippen LogP contribution in [0.15, 0.2) is 42.5 Å². The average Bonchev–Trinajstić information content (AvgIpc) is 3.78. The van der Waals surface area contributed by atoms with Gasteiger partial charge in [0.05, 0.1) is 16.2 Å². The van der Waals surface area contributed by atoms with E-state index < -0.39 is 26.7 Å². The number of hydrogen-bond donors (Lipinski definition) is 2. The molecule has 1 aromatic carbocycles. The Hall–Kier alpha value is -2.41. The number of carboxylic acid groups (broad SMARTS) is 1. The lowest BCUT2D eigenvalue weighted by Gasteiger charge is -2.72. The fraction of sp³-hybridized carbons (Fsp3) is 0.700. The second-order valence-electron chi connectivity index (χ2n) is 17.9. The first-order valence-electron chi connectivity index (χ1n) is 18.2. The standard InChI is InChI=1S/C40H55NO5S/c1-24(2)28-16-21-40(35(44)41-47(45,46)27-12-13-27)23-22-38(6)30(33(28)40)14-15-32-37(5)19-17-29(25-8-10-26(11-9-25)34(42)43)36(3,4)31(37)18-20-39(32,38)7/h8-11,17,27-28,30-33H,1,12-16,18-23H2,2-7H3,(H,41,44)(H,42,43)/t28-,30+,31-,32+,33+,37-,38+,39+,40-/m0/s1. The number of benzene rings is 1. The number of hydrogen-bond acceptors (Lipinski definition) is 4. The van der Waals surface area contributed by atoms with Gasteiger partial charge < -0.3 is 5.11 Å². The molecule has 9 atom stereocenters. The molecule has 0 bridgehead atoms. The Morgan fingerprint density at radius 1 is 0.851 bits per heavy atom. The molecule has 0 heterocycles. The van der Waals surface area contributed by atoms with Gasteiger partial charge in [0.2, 0.25) is 15.9 Å². The summed E-state index contributed by atoms with van der Waals surface area (Å²) >= 11 is 0. The molecule has 47 heavy (non-hydrogen) atoms. The van der Waals surface area contributed by atoms with Crippen LogP contribution < -0.4 is 4.72 Å². The van der Waals surface area contributed by atoms with Gasteiger partial charge in [0, 0.05) is 0 Å². The number of allylic oxidation sites excluding steroid dienone is 3. The smallest absolute Gasteiger partial charge is 0.335 e. The Labute approximate surface area is 282 Å². The minimum Gasteiger partial charge on any atom is -0.478 e. The topological polar surface area (TPSA) is 101 Å². The van der Waals surface area contributed by atoms with Gasteiger partial charge in [0.1, 0.15) is 0 Å². The summed E-state index contributed by atoms with van der Waals surface area (Å²) in [4.78, 5) is 25.7. The minimum atomic E-state index is -3.61. The van der Waals surface area contributed by atoms with Crippen LogP contribution in [0.5, 0.6) is 0 Å². The largest absolute Gasteiger partial charge is 0.478 e. The first kappa shape index (κ1) is 33.1. The summed E-state index contributed by atoms with van der Waals surface area (Å²) in [6.45, 7) is 19.0. The van der Waals surface area contributed by atoms with Gasteiger partial charge in [-0.25, -0.2) is 13.2 Å². The van der Waals surface area contributed by atoms with Crippen molar-refractivity contribution in [2.45, 2.75) is 117 Å². The van der Waals surface area contributed by atoms with Gasteiger partial charge in [-0.1, -0.05) is 65.0 Å². The Balaban J connectivity index is 1.23. The van der Waals surface area contributed by atoms with Crippen molar-refractivity contribution in [1.29, 1.82) is 0 Å². The molecule has 1 amide bonds. The molecule has 7 heteroatoms. The van der Waals surface area contributed by atoms with Gasteiger partial charge in [0.25, 0.3) is 0 Å². The third kappa shape index (κ3) is 4.56.